The smallest absolute Gasteiger partial charge is 0.329 e. The quantitative estimate of drug-likeness (QED) is 0.784. The number of nitrogens with zero attached hydrogens (tertiary/aromatic N) is 2. The topological polar surface area (TPSA) is 32.5 Å². The highest BCUT2D eigenvalue weighted by Gasteiger charge is 2.35. The predicted molar refractivity (Wildman–Crippen MR) is 78.1 cm³/mol. The third-order valence-electron chi connectivity index (χ3n) is 4.96. The van der Waals surface area contributed by atoms with Crippen molar-refractivity contribution in [3.05, 3.63) is 0 Å². The van der Waals surface area contributed by atoms with Crippen molar-refractivity contribution in [2.75, 3.05) is 39.3 Å². The summed E-state index contributed by atoms with van der Waals surface area (Å²) < 4.78 is 36.9. The number of nitrogens with two attached hydrogens (primary N) is 1. The first-order chi connectivity index (χ1) is 9.82. The zero-order chi connectivity index (χ0) is 15.5. The molecule has 0 amide bonds. The molecule has 1 atom stereocenters. The van der Waals surface area contributed by atoms with Crippen molar-refractivity contribution >= 4 is 0 Å². The second kappa shape index (κ2) is 6.84. The van der Waals surface area contributed by atoms with Crippen LogP contribution in [0.15, 0.2) is 0 Å². The normalized spacial score (nSPS) is 25.0. The Balaban J connectivity index is 1.76. The molecule has 0 bridgehead atoms. The summed E-state index contributed by atoms with van der Waals surface area (Å²) in [5, 5.41) is 0. The second-order valence-electron chi connectivity index (χ2n) is 6.90. The fraction of sp³-hybridized carbons (Fsp3) is 1.00. The lowest BCUT2D eigenvalue weighted by atomic mass is 9.91. The van der Waals surface area contributed by atoms with E-state index >= 15 is 0 Å². The van der Waals surface area contributed by atoms with Gasteiger partial charge in [-0.1, -0.05) is 0 Å². The monoisotopic (exact) mass is 307 g/mol. The lowest BCUT2D eigenvalue weighted by Gasteiger charge is -2.45. The Labute approximate surface area is 125 Å². The molecule has 0 aromatic rings. The Kier molecular flexibility index (Phi) is 5.54. The molecule has 0 radical (unpaired) electrons. The van der Waals surface area contributed by atoms with Crippen LogP contribution in [0, 0.1) is 5.92 Å². The van der Waals surface area contributed by atoms with Gasteiger partial charge in [0, 0.05) is 51.2 Å². The minimum absolute atomic E-state index is 0.166. The van der Waals surface area contributed by atoms with Gasteiger partial charge in [0.2, 0.25) is 0 Å². The number of rotatable bonds is 7. The number of halogens is 3. The van der Waals surface area contributed by atoms with Crippen molar-refractivity contribution in [1.29, 1.82) is 0 Å². The van der Waals surface area contributed by atoms with Crippen molar-refractivity contribution < 1.29 is 13.2 Å². The van der Waals surface area contributed by atoms with Crippen molar-refractivity contribution in [2.24, 2.45) is 11.7 Å². The number of hydrogen-bond acceptors (Lipinski definition) is 3. The van der Waals surface area contributed by atoms with E-state index in [1.165, 1.54) is 19.4 Å². The summed E-state index contributed by atoms with van der Waals surface area (Å²) in [5.41, 5.74) is 5.58. The van der Waals surface area contributed by atoms with E-state index in [1.54, 1.807) is 0 Å². The van der Waals surface area contributed by atoms with Crippen LogP contribution >= 0.6 is 0 Å². The Morgan fingerprint density at radius 1 is 1.05 bits per heavy atom. The summed E-state index contributed by atoms with van der Waals surface area (Å²) in [4.78, 5) is 4.79. The molecular weight excluding hydrogens is 279 g/mol. The van der Waals surface area contributed by atoms with Gasteiger partial charge in [-0.05, 0) is 38.5 Å². The molecule has 3 nitrogen and oxygen atoms in total. The molecule has 1 saturated heterocycles. The molecule has 0 spiro atoms. The van der Waals surface area contributed by atoms with Crippen LogP contribution in [0.5, 0.6) is 0 Å². The second-order valence-corrected chi connectivity index (χ2v) is 6.90. The van der Waals surface area contributed by atoms with Crippen molar-refractivity contribution in [2.45, 2.75) is 50.7 Å². The largest absolute Gasteiger partial charge is 0.389 e. The van der Waals surface area contributed by atoms with Crippen LogP contribution in [-0.4, -0.2) is 60.8 Å². The average Bonchev–Trinajstić information content (AvgIpc) is 3.22. The molecule has 6 heteroatoms. The van der Waals surface area contributed by atoms with Crippen LogP contribution < -0.4 is 5.73 Å². The lowest BCUT2D eigenvalue weighted by molar-refractivity contribution is -0.137. The fourth-order valence-corrected chi connectivity index (χ4v) is 3.19. The first-order valence-corrected chi connectivity index (χ1v) is 8.07. The van der Waals surface area contributed by atoms with Crippen molar-refractivity contribution in [3.63, 3.8) is 0 Å². The van der Waals surface area contributed by atoms with Gasteiger partial charge in [0.15, 0.2) is 0 Å². The zero-order valence-corrected chi connectivity index (χ0v) is 13.0. The minimum Gasteiger partial charge on any atom is -0.329 e. The molecule has 2 aliphatic rings. The van der Waals surface area contributed by atoms with E-state index in [9.17, 15) is 13.2 Å². The first kappa shape index (κ1) is 17.0. The summed E-state index contributed by atoms with van der Waals surface area (Å²) in [5.74, 6) is 0.893. The molecule has 21 heavy (non-hydrogen) atoms. The van der Waals surface area contributed by atoms with E-state index in [-0.39, 0.29) is 12.0 Å². The Bertz CT molecular complexity index is 323. The van der Waals surface area contributed by atoms with Crippen LogP contribution in [0.3, 0.4) is 0 Å². The molecule has 1 aliphatic carbocycles. The van der Waals surface area contributed by atoms with E-state index in [4.69, 9.17) is 5.73 Å². The maximum absolute atomic E-state index is 12.3. The highest BCUT2D eigenvalue weighted by molar-refractivity contribution is 4.91. The molecule has 2 fully saturated rings. The van der Waals surface area contributed by atoms with E-state index in [1.807, 2.05) is 6.92 Å². The molecule has 124 valence electrons. The summed E-state index contributed by atoms with van der Waals surface area (Å²) in [6.07, 6.45) is -1.36. The lowest BCUT2D eigenvalue weighted by Crippen LogP contribution is -2.59. The van der Waals surface area contributed by atoms with E-state index in [0.29, 0.717) is 13.0 Å². The number of alkyl halides is 3. The summed E-state index contributed by atoms with van der Waals surface area (Å²) >= 11 is 0. The fourth-order valence-electron chi connectivity index (χ4n) is 3.19. The van der Waals surface area contributed by atoms with Gasteiger partial charge < -0.3 is 10.6 Å². The van der Waals surface area contributed by atoms with Gasteiger partial charge in [-0.25, -0.2) is 0 Å². The number of piperazine rings is 1. The highest BCUT2D eigenvalue weighted by atomic mass is 19.4. The van der Waals surface area contributed by atoms with Crippen LogP contribution in [-0.2, 0) is 0 Å². The van der Waals surface area contributed by atoms with Crippen LogP contribution in [0.4, 0.5) is 13.2 Å². The van der Waals surface area contributed by atoms with E-state index in [0.717, 1.165) is 32.1 Å². The predicted octanol–water partition coefficient (Wildman–Crippen LogP) is 2.46. The van der Waals surface area contributed by atoms with Gasteiger partial charge >= 0.3 is 6.18 Å². The molecule has 1 saturated carbocycles. The van der Waals surface area contributed by atoms with Gasteiger partial charge in [-0.2, -0.15) is 13.2 Å². The summed E-state index contributed by atoms with van der Waals surface area (Å²) in [6.45, 7) is 7.52. The van der Waals surface area contributed by atoms with Gasteiger partial charge in [0.25, 0.3) is 0 Å². The molecule has 1 unspecified atom stereocenters. The number of hydrogen-bond donors (Lipinski definition) is 1. The van der Waals surface area contributed by atoms with Gasteiger partial charge in [0.1, 0.15) is 0 Å². The highest BCUT2D eigenvalue weighted by Crippen LogP contribution is 2.31. The molecule has 1 aliphatic heterocycles. The third kappa shape index (κ3) is 5.42. The zero-order valence-electron chi connectivity index (χ0n) is 13.0. The first-order valence-electron chi connectivity index (χ1n) is 8.07. The average molecular weight is 307 g/mol. The molecule has 2 N–H and O–H groups in total. The molecular formula is C15H28F3N3. The van der Waals surface area contributed by atoms with Gasteiger partial charge in [0.05, 0.1) is 0 Å². The van der Waals surface area contributed by atoms with E-state index in [2.05, 4.69) is 9.80 Å². The van der Waals surface area contributed by atoms with Crippen molar-refractivity contribution in [3.8, 4) is 0 Å². The summed E-state index contributed by atoms with van der Waals surface area (Å²) in [7, 11) is 0. The standard InChI is InChI=1S/C15H28F3N3/c1-14(12-19,5-2-6-15(16,17)18)21-9-7-20(8-10-21)11-13-3-4-13/h13H,2-12,19H2,1H3. The molecule has 1 heterocycles. The Morgan fingerprint density at radius 2 is 1.67 bits per heavy atom. The van der Waals surface area contributed by atoms with Crippen LogP contribution in [0.25, 0.3) is 0 Å². The van der Waals surface area contributed by atoms with Gasteiger partial charge in [-0.3, -0.25) is 4.90 Å². The minimum atomic E-state index is -4.06. The molecule has 2 rings (SSSR count). The Morgan fingerprint density at radius 3 is 2.14 bits per heavy atom. The van der Waals surface area contributed by atoms with Crippen molar-refractivity contribution in [1.82, 2.24) is 9.80 Å². The SMILES string of the molecule is CC(CN)(CCCC(F)(F)F)N1CCN(CC2CC2)CC1. The Hall–Kier alpha value is -0.330. The molecule has 0 aromatic heterocycles. The van der Waals surface area contributed by atoms with Gasteiger partial charge in [-0.15, -0.1) is 0 Å². The van der Waals surface area contributed by atoms with Crippen LogP contribution in [0.2, 0.25) is 0 Å². The third-order valence-corrected chi connectivity index (χ3v) is 4.96. The summed E-state index contributed by atoms with van der Waals surface area (Å²) in [6, 6.07) is 0. The maximum Gasteiger partial charge on any atom is 0.389 e. The van der Waals surface area contributed by atoms with E-state index < -0.39 is 12.6 Å². The molecule has 0 aromatic carbocycles. The maximum atomic E-state index is 12.3. The van der Waals surface area contributed by atoms with Crippen LogP contribution in [0.1, 0.15) is 39.0 Å².